The topological polar surface area (TPSA) is 74.1 Å². The quantitative estimate of drug-likeness (QED) is 0.359. The normalized spacial score (nSPS) is 10.9. The van der Waals surface area contributed by atoms with Crippen molar-refractivity contribution < 1.29 is 13.9 Å². The molecule has 1 aromatic heterocycles. The molecular weight excluding hydrogens is 489 g/mol. The molecule has 31 heavy (non-hydrogen) atoms. The van der Waals surface area contributed by atoms with Crippen molar-refractivity contribution in [3.05, 3.63) is 56.8 Å². The average Bonchev–Trinajstić information content (AvgIpc) is 3.19. The van der Waals surface area contributed by atoms with E-state index in [4.69, 9.17) is 21.1 Å². The van der Waals surface area contributed by atoms with Gasteiger partial charge in [0.25, 0.3) is 0 Å². The largest absolute Gasteiger partial charge is 0.490 e. The van der Waals surface area contributed by atoms with Gasteiger partial charge < -0.3 is 14.8 Å². The molecule has 0 radical (unpaired) electrons. The molecule has 0 bridgehead atoms. The summed E-state index contributed by atoms with van der Waals surface area (Å²) in [5.74, 6) is 1.38. The SMILES string of the molecule is CCCCn1nnnc1NCc1cc(Br)c(OCc2ccc(F)cc2Cl)c(OCC)c1. The van der Waals surface area contributed by atoms with Gasteiger partial charge in [-0.1, -0.05) is 36.1 Å². The summed E-state index contributed by atoms with van der Waals surface area (Å²) >= 11 is 9.67. The number of tetrazole rings is 1. The lowest BCUT2D eigenvalue weighted by molar-refractivity contribution is 0.267. The van der Waals surface area contributed by atoms with Crippen molar-refractivity contribution in [2.24, 2.45) is 0 Å². The maximum atomic E-state index is 13.3. The van der Waals surface area contributed by atoms with Crippen LogP contribution in [0.2, 0.25) is 5.02 Å². The van der Waals surface area contributed by atoms with Crippen LogP contribution >= 0.6 is 27.5 Å². The summed E-state index contributed by atoms with van der Waals surface area (Å²) in [6, 6.07) is 8.07. The van der Waals surface area contributed by atoms with Crippen LogP contribution in [0.15, 0.2) is 34.8 Å². The van der Waals surface area contributed by atoms with E-state index in [0.29, 0.717) is 41.2 Å². The van der Waals surface area contributed by atoms with E-state index in [1.807, 2.05) is 19.1 Å². The Morgan fingerprint density at radius 2 is 2.03 bits per heavy atom. The third-order valence-electron chi connectivity index (χ3n) is 4.46. The van der Waals surface area contributed by atoms with Gasteiger partial charge in [-0.2, -0.15) is 0 Å². The molecule has 0 spiro atoms. The molecule has 0 fully saturated rings. The fourth-order valence-electron chi connectivity index (χ4n) is 2.89. The molecule has 0 aliphatic carbocycles. The van der Waals surface area contributed by atoms with Crippen LogP contribution in [-0.4, -0.2) is 26.8 Å². The highest BCUT2D eigenvalue weighted by molar-refractivity contribution is 9.10. The van der Waals surface area contributed by atoms with E-state index in [1.165, 1.54) is 12.1 Å². The van der Waals surface area contributed by atoms with Gasteiger partial charge in [-0.05, 0) is 69.5 Å². The number of nitrogens with zero attached hydrogens (tertiary/aromatic N) is 4. The van der Waals surface area contributed by atoms with Crippen molar-refractivity contribution in [3.63, 3.8) is 0 Å². The van der Waals surface area contributed by atoms with Crippen LogP contribution in [0.25, 0.3) is 0 Å². The minimum atomic E-state index is -0.387. The van der Waals surface area contributed by atoms with Crippen LogP contribution in [0.5, 0.6) is 11.5 Å². The number of ether oxygens (including phenoxy) is 2. The van der Waals surface area contributed by atoms with E-state index in [0.717, 1.165) is 29.4 Å². The van der Waals surface area contributed by atoms with E-state index in [-0.39, 0.29) is 12.4 Å². The lowest BCUT2D eigenvalue weighted by Crippen LogP contribution is -2.09. The summed E-state index contributed by atoms with van der Waals surface area (Å²) < 4.78 is 27.5. The number of benzene rings is 2. The number of anilines is 1. The summed E-state index contributed by atoms with van der Waals surface area (Å²) in [6.07, 6.45) is 2.07. The number of aromatic nitrogens is 4. The minimum Gasteiger partial charge on any atom is -0.490 e. The minimum absolute atomic E-state index is 0.182. The number of unbranched alkanes of at least 4 members (excludes halogenated alkanes) is 1. The molecule has 3 rings (SSSR count). The number of halogens is 3. The molecule has 0 saturated carbocycles. The Kier molecular flexibility index (Phi) is 8.48. The number of aryl methyl sites for hydroxylation is 1. The van der Waals surface area contributed by atoms with Crippen LogP contribution in [-0.2, 0) is 19.7 Å². The van der Waals surface area contributed by atoms with Crippen LogP contribution in [0.4, 0.5) is 10.3 Å². The van der Waals surface area contributed by atoms with Crippen molar-refractivity contribution in [1.82, 2.24) is 20.2 Å². The zero-order valence-corrected chi connectivity index (χ0v) is 19.7. The van der Waals surface area contributed by atoms with Crippen LogP contribution in [0, 0.1) is 5.82 Å². The van der Waals surface area contributed by atoms with Crippen LogP contribution in [0.1, 0.15) is 37.8 Å². The highest BCUT2D eigenvalue weighted by Gasteiger charge is 2.14. The Balaban J connectivity index is 1.73. The maximum Gasteiger partial charge on any atom is 0.243 e. The van der Waals surface area contributed by atoms with Crippen molar-refractivity contribution in [2.45, 2.75) is 46.4 Å². The predicted molar refractivity (Wildman–Crippen MR) is 121 cm³/mol. The number of hydrogen-bond donors (Lipinski definition) is 1. The fourth-order valence-corrected chi connectivity index (χ4v) is 3.71. The molecule has 0 saturated heterocycles. The van der Waals surface area contributed by atoms with E-state index >= 15 is 0 Å². The smallest absolute Gasteiger partial charge is 0.243 e. The Bertz CT molecular complexity index is 1020. The van der Waals surface area contributed by atoms with Gasteiger partial charge in [0, 0.05) is 18.7 Å². The molecule has 2 aromatic carbocycles. The van der Waals surface area contributed by atoms with E-state index in [1.54, 1.807) is 10.7 Å². The Morgan fingerprint density at radius 1 is 1.19 bits per heavy atom. The first kappa shape index (κ1) is 23.3. The Labute approximate surface area is 194 Å². The summed E-state index contributed by atoms with van der Waals surface area (Å²) in [4.78, 5) is 0. The molecule has 10 heteroatoms. The van der Waals surface area contributed by atoms with Gasteiger partial charge in [0.2, 0.25) is 5.95 Å². The van der Waals surface area contributed by atoms with Crippen LogP contribution in [0.3, 0.4) is 0 Å². The Hall–Kier alpha value is -2.39. The molecule has 0 aliphatic heterocycles. The molecule has 3 aromatic rings. The number of rotatable bonds is 11. The van der Waals surface area contributed by atoms with Crippen molar-refractivity contribution in [1.29, 1.82) is 0 Å². The van der Waals surface area contributed by atoms with Gasteiger partial charge in [-0.25, -0.2) is 9.07 Å². The van der Waals surface area contributed by atoms with Gasteiger partial charge >= 0.3 is 0 Å². The standard InChI is InChI=1S/C21H24BrClFN5O2/c1-3-5-8-29-21(26-27-28-29)25-12-14-9-17(22)20(19(10-14)30-4-2)31-13-15-6-7-16(24)11-18(15)23/h6-7,9-11H,3-5,8,12-13H2,1-2H3,(H,25,26,28). The summed E-state index contributed by atoms with van der Waals surface area (Å²) in [7, 11) is 0. The molecule has 7 nitrogen and oxygen atoms in total. The molecule has 0 amide bonds. The lowest BCUT2D eigenvalue weighted by atomic mass is 10.2. The molecule has 0 atom stereocenters. The van der Waals surface area contributed by atoms with Gasteiger partial charge in [-0.15, -0.1) is 0 Å². The molecule has 0 aliphatic rings. The summed E-state index contributed by atoms with van der Waals surface area (Å²) in [6.45, 7) is 5.96. The first-order chi connectivity index (χ1) is 15.0. The van der Waals surface area contributed by atoms with Crippen LogP contribution < -0.4 is 14.8 Å². The van der Waals surface area contributed by atoms with Crippen molar-refractivity contribution >= 4 is 33.5 Å². The van der Waals surface area contributed by atoms with Gasteiger partial charge in [0.05, 0.1) is 16.1 Å². The second-order valence-corrected chi connectivity index (χ2v) is 8.06. The third-order valence-corrected chi connectivity index (χ3v) is 5.40. The Morgan fingerprint density at radius 3 is 2.77 bits per heavy atom. The van der Waals surface area contributed by atoms with Crippen molar-refractivity contribution in [2.75, 3.05) is 11.9 Å². The summed E-state index contributed by atoms with van der Waals surface area (Å²) in [5.41, 5.74) is 1.65. The predicted octanol–water partition coefficient (Wildman–Crippen LogP) is 5.62. The third kappa shape index (κ3) is 6.30. The zero-order chi connectivity index (χ0) is 22.2. The van der Waals surface area contributed by atoms with E-state index in [2.05, 4.69) is 43.7 Å². The average molecular weight is 513 g/mol. The number of hydrogen-bond acceptors (Lipinski definition) is 6. The second kappa shape index (κ2) is 11.3. The highest BCUT2D eigenvalue weighted by Crippen LogP contribution is 2.38. The van der Waals surface area contributed by atoms with E-state index in [9.17, 15) is 4.39 Å². The van der Waals surface area contributed by atoms with Gasteiger partial charge in [-0.3, -0.25) is 0 Å². The molecule has 1 heterocycles. The first-order valence-corrected chi connectivity index (χ1v) is 11.2. The molecular formula is C21H24BrClFN5O2. The molecule has 0 unspecified atom stereocenters. The van der Waals surface area contributed by atoms with Gasteiger partial charge in [0.15, 0.2) is 11.5 Å². The molecule has 1 N–H and O–H groups in total. The monoisotopic (exact) mass is 511 g/mol. The number of nitrogens with one attached hydrogen (secondary N) is 1. The lowest BCUT2D eigenvalue weighted by Gasteiger charge is -2.16. The first-order valence-electron chi connectivity index (χ1n) is 10.0. The highest BCUT2D eigenvalue weighted by atomic mass is 79.9. The van der Waals surface area contributed by atoms with E-state index < -0.39 is 0 Å². The fraction of sp³-hybridized carbons (Fsp3) is 0.381. The molecule has 166 valence electrons. The van der Waals surface area contributed by atoms with Crippen molar-refractivity contribution in [3.8, 4) is 11.5 Å². The maximum absolute atomic E-state index is 13.3. The summed E-state index contributed by atoms with van der Waals surface area (Å²) in [5, 5.41) is 15.4. The zero-order valence-electron chi connectivity index (χ0n) is 17.4. The van der Waals surface area contributed by atoms with Gasteiger partial charge in [0.1, 0.15) is 12.4 Å². The second-order valence-electron chi connectivity index (χ2n) is 6.80.